The van der Waals surface area contributed by atoms with E-state index in [1.807, 2.05) is 11.9 Å². The first kappa shape index (κ1) is 29.8. The van der Waals surface area contributed by atoms with Crippen molar-refractivity contribution in [1.29, 1.82) is 0 Å². The van der Waals surface area contributed by atoms with Crippen molar-refractivity contribution in [2.45, 2.75) is 38.7 Å². The molecule has 1 fully saturated rings. The minimum absolute atomic E-state index is 0.00805. The van der Waals surface area contributed by atoms with Crippen LogP contribution in [0.3, 0.4) is 0 Å². The van der Waals surface area contributed by atoms with E-state index < -0.39 is 22.2 Å². The molecule has 0 spiro atoms. The van der Waals surface area contributed by atoms with Crippen molar-refractivity contribution in [3.05, 3.63) is 57.9 Å². The number of aliphatic hydroxyl groups is 1. The minimum atomic E-state index is -1.50. The van der Waals surface area contributed by atoms with E-state index in [1.165, 1.54) is 39.8 Å². The van der Waals surface area contributed by atoms with Gasteiger partial charge < -0.3 is 30.3 Å². The molecule has 0 unspecified atom stereocenters. The summed E-state index contributed by atoms with van der Waals surface area (Å²) < 4.78 is 33.4. The van der Waals surface area contributed by atoms with Crippen LogP contribution in [0.1, 0.15) is 38.7 Å². The number of anilines is 5. The first-order valence-electron chi connectivity index (χ1n) is 13.2. The Balaban J connectivity index is 1.58. The molecule has 0 atom stereocenters. The topological polar surface area (TPSA) is 142 Å². The number of piperidine rings is 1. The fourth-order valence-corrected chi connectivity index (χ4v) is 4.69. The maximum absolute atomic E-state index is 14.0. The zero-order valence-electron chi connectivity index (χ0n) is 23.4. The van der Waals surface area contributed by atoms with Gasteiger partial charge >= 0.3 is 0 Å². The lowest BCUT2D eigenvalue weighted by Crippen LogP contribution is -2.36. The molecule has 2 heterocycles. The standard InChI is InChI=1S/C27H34F2N8O4/c1-27(2,38)17-12-18(28)19(29)13-20(17)32-25-30-16-31-26(34-25)33-21-14-23(37(39)40)22(15-24(21)41-4)35(3)10-11-36-8-6-5-7-9-36/h12-16,38H,5-11H2,1-4H3,(H2,30,31,32,33,34). The summed E-state index contributed by atoms with van der Waals surface area (Å²) in [6.45, 7) is 6.32. The lowest BCUT2D eigenvalue weighted by molar-refractivity contribution is -0.384. The Morgan fingerprint density at radius 2 is 1.71 bits per heavy atom. The third kappa shape index (κ3) is 7.32. The zero-order valence-corrected chi connectivity index (χ0v) is 23.4. The largest absolute Gasteiger partial charge is 0.494 e. The molecule has 1 aliphatic rings. The molecule has 0 aliphatic carbocycles. The molecule has 0 bridgehead atoms. The van der Waals surface area contributed by atoms with Crippen LogP contribution in [0.2, 0.25) is 0 Å². The van der Waals surface area contributed by atoms with Crippen molar-refractivity contribution >= 4 is 34.6 Å². The van der Waals surface area contributed by atoms with Gasteiger partial charge in [-0.15, -0.1) is 0 Å². The molecular weight excluding hydrogens is 538 g/mol. The second kappa shape index (κ2) is 12.6. The third-order valence-electron chi connectivity index (χ3n) is 6.89. The Morgan fingerprint density at radius 1 is 1.07 bits per heavy atom. The van der Waals surface area contributed by atoms with Crippen LogP contribution in [0, 0.1) is 21.7 Å². The number of rotatable bonds is 11. The molecule has 12 nitrogen and oxygen atoms in total. The summed E-state index contributed by atoms with van der Waals surface area (Å²) in [5.41, 5.74) is -0.833. The lowest BCUT2D eigenvalue weighted by atomic mass is 9.96. The highest BCUT2D eigenvalue weighted by Gasteiger charge is 2.25. The van der Waals surface area contributed by atoms with E-state index in [0.29, 0.717) is 18.0 Å². The maximum Gasteiger partial charge on any atom is 0.294 e. The van der Waals surface area contributed by atoms with E-state index in [1.54, 1.807) is 6.07 Å². The fraction of sp³-hybridized carbons (Fsp3) is 0.444. The van der Waals surface area contributed by atoms with Crippen LogP contribution >= 0.6 is 0 Å². The normalized spacial score (nSPS) is 14.0. The second-order valence-electron chi connectivity index (χ2n) is 10.4. The van der Waals surface area contributed by atoms with Gasteiger partial charge in [-0.05, 0) is 45.8 Å². The van der Waals surface area contributed by atoms with Crippen molar-refractivity contribution in [3.63, 3.8) is 0 Å². The first-order valence-corrected chi connectivity index (χ1v) is 13.2. The van der Waals surface area contributed by atoms with Gasteiger partial charge in [-0.25, -0.2) is 18.7 Å². The number of hydrogen-bond donors (Lipinski definition) is 3. The Bertz CT molecular complexity index is 1400. The molecule has 14 heteroatoms. The highest BCUT2D eigenvalue weighted by Crippen LogP contribution is 2.39. The number of halogens is 2. The van der Waals surface area contributed by atoms with E-state index in [0.717, 1.165) is 44.6 Å². The molecule has 4 rings (SSSR count). The van der Waals surface area contributed by atoms with E-state index in [-0.39, 0.29) is 34.5 Å². The van der Waals surface area contributed by atoms with Crippen molar-refractivity contribution in [2.75, 3.05) is 55.9 Å². The van der Waals surface area contributed by atoms with Gasteiger partial charge in [-0.3, -0.25) is 10.1 Å². The second-order valence-corrected chi connectivity index (χ2v) is 10.4. The number of ether oxygens (including phenoxy) is 1. The van der Waals surface area contributed by atoms with E-state index in [9.17, 15) is 24.0 Å². The summed E-state index contributed by atoms with van der Waals surface area (Å²) in [6.07, 6.45) is 4.72. The SMILES string of the molecule is COc1cc(N(C)CCN2CCCCC2)c([N+](=O)[O-])cc1Nc1ncnc(Nc2cc(F)c(F)cc2C(C)(C)O)n1. The van der Waals surface area contributed by atoms with Crippen LogP contribution in [0.25, 0.3) is 0 Å². The lowest BCUT2D eigenvalue weighted by Gasteiger charge is -2.29. The van der Waals surface area contributed by atoms with Crippen molar-refractivity contribution in [2.24, 2.45) is 0 Å². The molecule has 0 saturated carbocycles. The molecule has 0 amide bonds. The summed E-state index contributed by atoms with van der Waals surface area (Å²) >= 11 is 0. The van der Waals surface area contributed by atoms with Crippen molar-refractivity contribution in [1.82, 2.24) is 19.9 Å². The highest BCUT2D eigenvalue weighted by molar-refractivity contribution is 5.76. The number of hydrogen-bond acceptors (Lipinski definition) is 11. The van der Waals surface area contributed by atoms with Crippen LogP contribution in [-0.4, -0.2) is 70.2 Å². The molecule has 0 radical (unpaired) electrons. The summed E-state index contributed by atoms with van der Waals surface area (Å²) in [7, 11) is 3.26. The Morgan fingerprint density at radius 3 is 2.32 bits per heavy atom. The van der Waals surface area contributed by atoms with Crippen molar-refractivity contribution < 1.29 is 23.5 Å². The minimum Gasteiger partial charge on any atom is -0.494 e. The summed E-state index contributed by atoms with van der Waals surface area (Å²) in [6, 6.07) is 4.73. The van der Waals surface area contributed by atoms with Gasteiger partial charge in [0.05, 0.1) is 29.0 Å². The van der Waals surface area contributed by atoms with Crippen LogP contribution in [-0.2, 0) is 5.60 Å². The molecule has 1 aromatic heterocycles. The van der Waals surface area contributed by atoms with Gasteiger partial charge in [-0.2, -0.15) is 4.98 Å². The van der Waals surface area contributed by atoms with Crippen LogP contribution < -0.4 is 20.3 Å². The fourth-order valence-electron chi connectivity index (χ4n) is 4.69. The average Bonchev–Trinajstić information content (AvgIpc) is 2.93. The molecule has 3 N–H and O–H groups in total. The number of nitro benzene ring substituents is 1. The third-order valence-corrected chi connectivity index (χ3v) is 6.89. The molecule has 41 heavy (non-hydrogen) atoms. The van der Waals surface area contributed by atoms with Crippen LogP contribution in [0.5, 0.6) is 5.75 Å². The summed E-state index contributed by atoms with van der Waals surface area (Å²) in [5.74, 6) is -1.93. The Kier molecular flexibility index (Phi) is 9.13. The van der Waals surface area contributed by atoms with Crippen LogP contribution in [0.15, 0.2) is 30.6 Å². The molecule has 1 saturated heterocycles. The van der Waals surface area contributed by atoms with Gasteiger partial charge in [-0.1, -0.05) is 6.42 Å². The molecule has 3 aromatic rings. The highest BCUT2D eigenvalue weighted by atomic mass is 19.2. The average molecular weight is 573 g/mol. The Hall–Kier alpha value is -4.17. The summed E-state index contributed by atoms with van der Waals surface area (Å²) in [4.78, 5) is 28.1. The smallest absolute Gasteiger partial charge is 0.294 e. The number of likely N-dealkylation sites (N-methyl/N-ethyl adjacent to an activating group) is 1. The molecule has 2 aromatic carbocycles. The zero-order chi connectivity index (χ0) is 29.7. The van der Waals surface area contributed by atoms with E-state index in [2.05, 4.69) is 30.5 Å². The number of nitrogens with one attached hydrogen (secondary N) is 2. The van der Waals surface area contributed by atoms with Gasteiger partial charge in [0, 0.05) is 43.9 Å². The molecule has 1 aliphatic heterocycles. The molecule has 220 valence electrons. The first-order chi connectivity index (χ1) is 19.5. The van der Waals surface area contributed by atoms with Crippen LogP contribution in [0.4, 0.5) is 43.4 Å². The van der Waals surface area contributed by atoms with Gasteiger partial charge in [0.15, 0.2) is 11.6 Å². The maximum atomic E-state index is 14.0. The van der Waals surface area contributed by atoms with E-state index in [4.69, 9.17) is 4.74 Å². The number of nitrogens with zero attached hydrogens (tertiary/aromatic N) is 6. The predicted molar refractivity (Wildman–Crippen MR) is 151 cm³/mol. The van der Waals surface area contributed by atoms with Gasteiger partial charge in [0.25, 0.3) is 5.69 Å². The predicted octanol–water partition coefficient (Wildman–Crippen LogP) is 4.70. The number of aromatic nitrogens is 3. The number of likely N-dealkylation sites (tertiary alicyclic amines) is 1. The van der Waals surface area contributed by atoms with Gasteiger partial charge in [0.2, 0.25) is 11.9 Å². The number of methoxy groups -OCH3 is 1. The quantitative estimate of drug-likeness (QED) is 0.217. The monoisotopic (exact) mass is 572 g/mol. The Labute approximate surface area is 236 Å². The number of benzene rings is 2. The number of nitro groups is 1. The van der Waals surface area contributed by atoms with Gasteiger partial charge in [0.1, 0.15) is 17.8 Å². The summed E-state index contributed by atoms with van der Waals surface area (Å²) in [5, 5.41) is 28.2. The van der Waals surface area contributed by atoms with Crippen molar-refractivity contribution in [3.8, 4) is 5.75 Å². The molecular formula is C27H34F2N8O4. The van der Waals surface area contributed by atoms with E-state index >= 15 is 0 Å².